The van der Waals surface area contributed by atoms with Gasteiger partial charge < -0.3 is 10.1 Å². The van der Waals surface area contributed by atoms with E-state index in [1.807, 2.05) is 24.3 Å². The molecule has 0 radical (unpaired) electrons. The number of nitrogens with one attached hydrogen (secondary N) is 1. The molecule has 3 aromatic rings. The fourth-order valence-electron chi connectivity index (χ4n) is 3.10. The number of hydrogen-bond acceptors (Lipinski definition) is 5. The molecule has 0 aliphatic carbocycles. The zero-order valence-electron chi connectivity index (χ0n) is 13.4. The van der Waals surface area contributed by atoms with Crippen LogP contribution < -0.4 is 10.1 Å². The molecule has 0 fully saturated rings. The maximum Gasteiger partial charge on any atom is 0.387 e. The van der Waals surface area contributed by atoms with Crippen molar-refractivity contribution >= 4 is 21.9 Å². The summed E-state index contributed by atoms with van der Waals surface area (Å²) in [7, 11) is 0. The molecule has 134 valence electrons. The van der Waals surface area contributed by atoms with Crippen molar-refractivity contribution in [2.24, 2.45) is 0 Å². The van der Waals surface area contributed by atoms with Crippen molar-refractivity contribution in [1.29, 1.82) is 0 Å². The monoisotopic (exact) mass is 421 g/mol. The molecular formula is C17H14BrF2N5O. The molecular weight excluding hydrogens is 408 g/mol. The van der Waals surface area contributed by atoms with Crippen molar-refractivity contribution in [3.8, 4) is 5.75 Å². The minimum Gasteiger partial charge on any atom is -0.435 e. The Morgan fingerprint density at radius 1 is 1.08 bits per heavy atom. The zero-order chi connectivity index (χ0) is 18.1. The van der Waals surface area contributed by atoms with Gasteiger partial charge in [0.15, 0.2) is 0 Å². The molecule has 1 aliphatic heterocycles. The number of nitrogens with zero attached hydrogens (tertiary/aromatic N) is 4. The van der Waals surface area contributed by atoms with Gasteiger partial charge in [-0.3, -0.25) is 0 Å². The molecule has 4 rings (SSSR count). The predicted octanol–water partition coefficient (Wildman–Crippen LogP) is 4.18. The third-order valence-electron chi connectivity index (χ3n) is 4.31. The molecule has 1 aromatic heterocycles. The van der Waals surface area contributed by atoms with Gasteiger partial charge in [0.1, 0.15) is 5.75 Å². The Kier molecular flexibility index (Phi) is 4.54. The molecule has 26 heavy (non-hydrogen) atoms. The number of benzene rings is 2. The Balaban J connectivity index is 1.62. The molecule has 2 heterocycles. The van der Waals surface area contributed by atoms with E-state index in [9.17, 15) is 8.78 Å². The molecule has 0 amide bonds. The number of rotatable bonds is 4. The third-order valence-corrected chi connectivity index (χ3v) is 4.84. The van der Waals surface area contributed by atoms with Crippen molar-refractivity contribution in [1.82, 2.24) is 20.2 Å². The Morgan fingerprint density at radius 2 is 1.77 bits per heavy atom. The van der Waals surface area contributed by atoms with E-state index in [4.69, 9.17) is 0 Å². The lowest BCUT2D eigenvalue weighted by Crippen LogP contribution is -2.28. The smallest absolute Gasteiger partial charge is 0.387 e. The summed E-state index contributed by atoms with van der Waals surface area (Å²) >= 11 is 3.44. The number of tetrazole rings is 1. The highest BCUT2D eigenvalue weighted by molar-refractivity contribution is 9.10. The molecule has 9 heteroatoms. The molecule has 1 N–H and O–H groups in total. The van der Waals surface area contributed by atoms with Gasteiger partial charge in [0.25, 0.3) is 0 Å². The van der Waals surface area contributed by atoms with Crippen LogP contribution in [0.4, 0.5) is 14.7 Å². The van der Waals surface area contributed by atoms with Crippen LogP contribution in [0.2, 0.25) is 0 Å². The molecule has 0 saturated carbocycles. The topological polar surface area (TPSA) is 64.9 Å². The van der Waals surface area contributed by atoms with E-state index in [1.54, 1.807) is 16.8 Å². The van der Waals surface area contributed by atoms with E-state index >= 15 is 0 Å². The standard InChI is InChI=1S/C17H14BrF2N5O/c18-12-5-1-11(2-6-12)15-9-14(21-17-22-23-24-25(15)17)10-3-7-13(8-4-10)26-16(19)20/h1-8,14-16H,9H2,(H,21,22,24)/t14-,15-/m0/s1. The number of ether oxygens (including phenoxy) is 1. The summed E-state index contributed by atoms with van der Waals surface area (Å²) in [6.45, 7) is -2.83. The van der Waals surface area contributed by atoms with Gasteiger partial charge in [-0.05, 0) is 52.2 Å². The molecule has 0 bridgehead atoms. The van der Waals surface area contributed by atoms with Gasteiger partial charge in [-0.2, -0.15) is 8.78 Å². The second-order valence-corrected chi connectivity index (χ2v) is 6.81. The largest absolute Gasteiger partial charge is 0.435 e. The Labute approximate surface area is 156 Å². The summed E-state index contributed by atoms with van der Waals surface area (Å²) < 4.78 is 31.8. The van der Waals surface area contributed by atoms with Crippen LogP contribution in [0, 0.1) is 0 Å². The van der Waals surface area contributed by atoms with Crippen LogP contribution in [0.25, 0.3) is 0 Å². The highest BCUT2D eigenvalue weighted by atomic mass is 79.9. The van der Waals surface area contributed by atoms with Gasteiger partial charge in [-0.15, -0.1) is 0 Å². The number of hydrogen-bond donors (Lipinski definition) is 1. The average molecular weight is 422 g/mol. The van der Waals surface area contributed by atoms with E-state index < -0.39 is 6.61 Å². The fourth-order valence-corrected chi connectivity index (χ4v) is 3.36. The van der Waals surface area contributed by atoms with E-state index in [0.717, 1.165) is 15.6 Å². The fraction of sp³-hybridized carbons (Fsp3) is 0.235. The average Bonchev–Trinajstić information content (AvgIpc) is 3.10. The predicted molar refractivity (Wildman–Crippen MR) is 94.2 cm³/mol. The van der Waals surface area contributed by atoms with Gasteiger partial charge in [0, 0.05) is 4.47 Å². The van der Waals surface area contributed by atoms with Crippen LogP contribution >= 0.6 is 15.9 Å². The van der Waals surface area contributed by atoms with Gasteiger partial charge in [0.2, 0.25) is 5.95 Å². The Hall–Kier alpha value is -2.55. The summed E-state index contributed by atoms with van der Waals surface area (Å²) in [4.78, 5) is 0. The zero-order valence-corrected chi connectivity index (χ0v) is 15.0. The van der Waals surface area contributed by atoms with Crippen molar-refractivity contribution < 1.29 is 13.5 Å². The summed E-state index contributed by atoms with van der Waals surface area (Å²) in [5.41, 5.74) is 2.04. The first kappa shape index (κ1) is 16.9. The quantitative estimate of drug-likeness (QED) is 0.684. The van der Waals surface area contributed by atoms with Gasteiger partial charge in [-0.25, -0.2) is 4.68 Å². The van der Waals surface area contributed by atoms with Gasteiger partial charge in [-0.1, -0.05) is 45.3 Å². The lowest BCUT2D eigenvalue weighted by molar-refractivity contribution is -0.0498. The number of aromatic nitrogens is 4. The van der Waals surface area contributed by atoms with Crippen LogP contribution in [-0.2, 0) is 0 Å². The van der Waals surface area contributed by atoms with Crippen LogP contribution in [0.5, 0.6) is 5.75 Å². The van der Waals surface area contributed by atoms with E-state index in [1.165, 1.54) is 12.1 Å². The first-order valence-electron chi connectivity index (χ1n) is 7.95. The van der Waals surface area contributed by atoms with Crippen LogP contribution in [0.3, 0.4) is 0 Å². The number of anilines is 1. The summed E-state index contributed by atoms with van der Waals surface area (Å²) in [5.74, 6) is 0.705. The van der Waals surface area contributed by atoms with Crippen molar-refractivity contribution in [3.63, 3.8) is 0 Å². The van der Waals surface area contributed by atoms with Crippen LogP contribution in [-0.4, -0.2) is 26.8 Å². The molecule has 2 atom stereocenters. The van der Waals surface area contributed by atoms with Crippen LogP contribution in [0.15, 0.2) is 53.0 Å². The van der Waals surface area contributed by atoms with Gasteiger partial charge in [0.05, 0.1) is 12.1 Å². The summed E-state index contributed by atoms with van der Waals surface area (Å²) in [6, 6.07) is 14.6. The van der Waals surface area contributed by atoms with E-state index in [-0.39, 0.29) is 17.8 Å². The molecule has 0 saturated heterocycles. The van der Waals surface area contributed by atoms with Gasteiger partial charge >= 0.3 is 6.61 Å². The summed E-state index contributed by atoms with van der Waals surface area (Å²) in [5, 5.41) is 15.2. The number of halogens is 3. The molecule has 6 nitrogen and oxygen atoms in total. The molecule has 1 aliphatic rings. The first-order chi connectivity index (χ1) is 12.6. The van der Waals surface area contributed by atoms with Crippen molar-refractivity contribution in [2.45, 2.75) is 25.1 Å². The lowest BCUT2D eigenvalue weighted by atomic mass is 9.93. The van der Waals surface area contributed by atoms with Crippen molar-refractivity contribution in [2.75, 3.05) is 5.32 Å². The molecule has 2 aromatic carbocycles. The number of fused-ring (bicyclic) bond motifs is 1. The summed E-state index contributed by atoms with van der Waals surface area (Å²) in [6.07, 6.45) is 0.717. The van der Waals surface area contributed by atoms with E-state index in [2.05, 4.69) is 41.5 Å². The second kappa shape index (κ2) is 6.99. The van der Waals surface area contributed by atoms with Crippen molar-refractivity contribution in [3.05, 3.63) is 64.1 Å². The second-order valence-electron chi connectivity index (χ2n) is 5.89. The third kappa shape index (κ3) is 3.39. The number of alkyl halides is 2. The first-order valence-corrected chi connectivity index (χ1v) is 8.74. The molecule has 0 spiro atoms. The van der Waals surface area contributed by atoms with E-state index in [0.29, 0.717) is 12.4 Å². The maximum absolute atomic E-state index is 12.3. The Morgan fingerprint density at radius 3 is 2.46 bits per heavy atom. The van der Waals surface area contributed by atoms with Crippen LogP contribution in [0.1, 0.15) is 29.6 Å². The minimum atomic E-state index is -2.83. The maximum atomic E-state index is 12.3. The molecule has 0 unspecified atom stereocenters. The highest BCUT2D eigenvalue weighted by Crippen LogP contribution is 2.37. The Bertz CT molecular complexity index is 885. The highest BCUT2D eigenvalue weighted by Gasteiger charge is 2.30. The normalized spacial score (nSPS) is 19.1. The lowest BCUT2D eigenvalue weighted by Gasteiger charge is -2.31. The SMILES string of the molecule is FC(F)Oc1ccc([C@@H]2C[C@@H](c3ccc(Br)cc3)n3nnnc3N2)cc1. The minimum absolute atomic E-state index is 0.0312.